The molecule has 0 unspecified atom stereocenters. The number of benzene rings is 11. The van der Waals surface area contributed by atoms with Gasteiger partial charge >= 0.3 is 0 Å². The highest BCUT2D eigenvalue weighted by Gasteiger charge is 2.19. The minimum absolute atomic E-state index is 0.692. The molecular formula is C70H46N4. The molecule has 0 radical (unpaired) electrons. The molecule has 0 aliphatic carbocycles. The van der Waals surface area contributed by atoms with Crippen LogP contribution in [0.2, 0.25) is 0 Å². The van der Waals surface area contributed by atoms with Gasteiger partial charge in [0.1, 0.15) is 0 Å². The zero-order valence-corrected chi connectivity index (χ0v) is 40.3. The van der Waals surface area contributed by atoms with E-state index in [4.69, 9.17) is 9.97 Å². The molecule has 0 N–H and O–H groups in total. The summed E-state index contributed by atoms with van der Waals surface area (Å²) in [5.41, 5.74) is 21.0. The maximum Gasteiger partial charge on any atom is 0.160 e. The molecule has 0 fully saturated rings. The van der Waals surface area contributed by atoms with Gasteiger partial charge in [0.25, 0.3) is 0 Å². The molecule has 4 heteroatoms. The maximum absolute atomic E-state index is 5.22. The van der Waals surface area contributed by atoms with Gasteiger partial charge in [-0.25, -0.2) is 9.97 Å². The van der Waals surface area contributed by atoms with Crippen molar-refractivity contribution in [2.45, 2.75) is 0 Å². The number of rotatable bonds is 9. The Morgan fingerprint density at radius 3 is 1.22 bits per heavy atom. The Morgan fingerprint density at radius 1 is 0.203 bits per heavy atom. The lowest BCUT2D eigenvalue weighted by Gasteiger charge is -2.13. The molecule has 4 nitrogen and oxygen atoms in total. The average Bonchev–Trinajstić information content (AvgIpc) is 4.00. The number of para-hydroxylation sites is 2. The number of aromatic nitrogens is 4. The van der Waals surface area contributed by atoms with Crippen LogP contribution in [-0.2, 0) is 0 Å². The summed E-state index contributed by atoms with van der Waals surface area (Å²) in [6, 6.07) is 100. The smallest absolute Gasteiger partial charge is 0.160 e. The molecular weight excluding hydrogens is 897 g/mol. The quantitative estimate of drug-likeness (QED) is 0.145. The molecule has 346 valence electrons. The van der Waals surface area contributed by atoms with Crippen LogP contribution < -0.4 is 0 Å². The van der Waals surface area contributed by atoms with Gasteiger partial charge < -0.3 is 9.13 Å². The highest BCUT2D eigenvalue weighted by molar-refractivity contribution is 6.13. The molecule has 11 aromatic carbocycles. The first kappa shape index (κ1) is 42.9. The third kappa shape index (κ3) is 7.65. The van der Waals surface area contributed by atoms with Gasteiger partial charge in [-0.1, -0.05) is 206 Å². The van der Waals surface area contributed by atoms with Crippen LogP contribution in [0.3, 0.4) is 0 Å². The van der Waals surface area contributed by atoms with E-state index in [2.05, 4.69) is 264 Å². The Morgan fingerprint density at radius 2 is 0.581 bits per heavy atom. The highest BCUT2D eigenvalue weighted by Crippen LogP contribution is 2.40. The summed E-state index contributed by atoms with van der Waals surface area (Å²) < 4.78 is 4.85. The summed E-state index contributed by atoms with van der Waals surface area (Å²) in [6.07, 6.45) is 0. The molecule has 3 aromatic heterocycles. The van der Waals surface area contributed by atoms with Gasteiger partial charge in [-0.2, -0.15) is 0 Å². The summed E-state index contributed by atoms with van der Waals surface area (Å²) in [7, 11) is 0. The van der Waals surface area contributed by atoms with E-state index < -0.39 is 0 Å². The van der Waals surface area contributed by atoms with Crippen LogP contribution in [0, 0.1) is 0 Å². The first-order valence-corrected chi connectivity index (χ1v) is 25.2. The molecule has 0 aliphatic heterocycles. The molecule has 0 amide bonds. The Balaban J connectivity index is 0.895. The lowest BCUT2D eigenvalue weighted by Crippen LogP contribution is -1.97. The van der Waals surface area contributed by atoms with Crippen molar-refractivity contribution in [1.82, 2.24) is 19.1 Å². The Hall–Kier alpha value is -9.90. The van der Waals surface area contributed by atoms with Crippen molar-refractivity contribution in [3.05, 3.63) is 279 Å². The van der Waals surface area contributed by atoms with Crippen molar-refractivity contribution in [3.63, 3.8) is 0 Å². The molecule has 14 aromatic rings. The van der Waals surface area contributed by atoms with Crippen LogP contribution in [-0.4, -0.2) is 19.1 Å². The molecule has 14 rings (SSSR count). The van der Waals surface area contributed by atoms with E-state index in [1.54, 1.807) is 0 Å². The molecule has 0 atom stereocenters. The van der Waals surface area contributed by atoms with E-state index in [0.717, 1.165) is 61.6 Å². The molecule has 0 saturated heterocycles. The van der Waals surface area contributed by atoms with Crippen molar-refractivity contribution in [2.24, 2.45) is 0 Å². The first-order valence-electron chi connectivity index (χ1n) is 25.2. The van der Waals surface area contributed by atoms with Crippen LogP contribution in [0.15, 0.2) is 279 Å². The predicted octanol–water partition coefficient (Wildman–Crippen LogP) is 18.3. The normalized spacial score (nSPS) is 11.5. The Kier molecular flexibility index (Phi) is 10.5. The van der Waals surface area contributed by atoms with Gasteiger partial charge in [0, 0.05) is 49.6 Å². The molecule has 74 heavy (non-hydrogen) atoms. The van der Waals surface area contributed by atoms with E-state index in [9.17, 15) is 0 Å². The minimum Gasteiger partial charge on any atom is -0.309 e. The van der Waals surface area contributed by atoms with Crippen LogP contribution in [0.4, 0.5) is 0 Å². The predicted molar refractivity (Wildman–Crippen MR) is 309 cm³/mol. The van der Waals surface area contributed by atoms with Crippen molar-refractivity contribution in [2.75, 3.05) is 0 Å². The number of hydrogen-bond donors (Lipinski definition) is 0. The number of hydrogen-bond acceptors (Lipinski definition) is 2. The zero-order valence-electron chi connectivity index (χ0n) is 40.3. The topological polar surface area (TPSA) is 35.6 Å². The fourth-order valence-corrected chi connectivity index (χ4v) is 10.9. The summed E-state index contributed by atoms with van der Waals surface area (Å²) in [5, 5.41) is 4.88. The number of fused-ring (bicyclic) bond motifs is 6. The second kappa shape index (κ2) is 18.1. The minimum atomic E-state index is 0.692. The number of nitrogens with zero attached hydrogens (tertiary/aromatic N) is 4. The molecule has 3 heterocycles. The average molecular weight is 943 g/mol. The lowest BCUT2D eigenvalue weighted by molar-refractivity contribution is 1.17. The standard InChI is InChI=1S/C70H46N4/c1-4-17-47(18-5-1)49-33-35-50(36-34-49)64-46-65(72-70(71-64)51-21-8-3-9-22-51)57-27-15-25-54(42-57)55-26-16-28-58(43-55)73-68-39-37-56(53-24-14-23-52(41-53)48-19-6-2-7-20-48)44-62(68)63-45-59(38-40-69(63)73)74-66-31-12-10-29-60(66)61-30-11-13-32-67(61)74/h1-46H. The second-order valence-electron chi connectivity index (χ2n) is 19.0. The fraction of sp³-hybridized carbons (Fsp3) is 0. The van der Waals surface area contributed by atoms with E-state index in [0.29, 0.717) is 5.82 Å². The van der Waals surface area contributed by atoms with Crippen LogP contribution in [0.25, 0.3) is 133 Å². The third-order valence-corrected chi connectivity index (χ3v) is 14.5. The van der Waals surface area contributed by atoms with E-state index >= 15 is 0 Å². The van der Waals surface area contributed by atoms with E-state index in [-0.39, 0.29) is 0 Å². The monoisotopic (exact) mass is 942 g/mol. The van der Waals surface area contributed by atoms with Crippen LogP contribution >= 0.6 is 0 Å². The van der Waals surface area contributed by atoms with E-state index in [1.807, 2.05) is 24.3 Å². The van der Waals surface area contributed by atoms with Crippen molar-refractivity contribution in [1.29, 1.82) is 0 Å². The summed E-state index contributed by atoms with van der Waals surface area (Å²) in [4.78, 5) is 10.4. The van der Waals surface area contributed by atoms with Gasteiger partial charge in [0.15, 0.2) is 5.82 Å². The van der Waals surface area contributed by atoms with Crippen molar-refractivity contribution >= 4 is 43.6 Å². The Labute approximate surface area is 429 Å². The van der Waals surface area contributed by atoms with Gasteiger partial charge in [-0.05, 0) is 117 Å². The SMILES string of the molecule is c1ccc(-c2ccc(-c3cc(-c4cccc(-c5cccc(-n6c7ccc(-c8cccc(-c9ccccc9)c8)cc7c7cc(-n8c9ccccc9c9ccccc98)ccc76)c5)c4)nc(-c4ccccc4)n3)cc2)cc1. The second-order valence-corrected chi connectivity index (χ2v) is 19.0. The molecule has 0 bridgehead atoms. The van der Waals surface area contributed by atoms with Gasteiger partial charge in [-0.3, -0.25) is 0 Å². The van der Waals surface area contributed by atoms with Crippen molar-refractivity contribution in [3.8, 4) is 89.8 Å². The highest BCUT2D eigenvalue weighted by atomic mass is 15.0. The molecule has 0 saturated carbocycles. The fourth-order valence-electron chi connectivity index (χ4n) is 10.9. The summed E-state index contributed by atoms with van der Waals surface area (Å²) >= 11 is 0. The zero-order chi connectivity index (χ0) is 49.0. The van der Waals surface area contributed by atoms with Crippen molar-refractivity contribution < 1.29 is 0 Å². The van der Waals surface area contributed by atoms with Crippen LogP contribution in [0.5, 0.6) is 0 Å². The lowest BCUT2D eigenvalue weighted by atomic mass is 9.98. The van der Waals surface area contributed by atoms with Gasteiger partial charge in [0.2, 0.25) is 0 Å². The third-order valence-electron chi connectivity index (χ3n) is 14.5. The summed E-state index contributed by atoms with van der Waals surface area (Å²) in [6.45, 7) is 0. The first-order chi connectivity index (χ1) is 36.7. The largest absolute Gasteiger partial charge is 0.309 e. The Bertz CT molecular complexity index is 4340. The molecule has 0 spiro atoms. The van der Waals surface area contributed by atoms with Gasteiger partial charge in [0.05, 0.1) is 33.5 Å². The molecule has 0 aliphatic rings. The summed E-state index contributed by atoms with van der Waals surface area (Å²) in [5.74, 6) is 0.692. The maximum atomic E-state index is 5.22. The van der Waals surface area contributed by atoms with Gasteiger partial charge in [-0.15, -0.1) is 0 Å². The van der Waals surface area contributed by atoms with Crippen LogP contribution in [0.1, 0.15) is 0 Å². The van der Waals surface area contributed by atoms with E-state index in [1.165, 1.54) is 66.0 Å².